The second-order valence-electron chi connectivity index (χ2n) is 5.88. The number of nitrogens with zero attached hydrogens (tertiary/aromatic N) is 3. The van der Waals surface area contributed by atoms with E-state index >= 15 is 0 Å². The SMILES string of the molecule is CCC1C(c2ccccc2)C(=O)C(=O)N1CCCn1ccnc1. The molecule has 2 atom stereocenters. The Balaban J connectivity index is 1.72. The summed E-state index contributed by atoms with van der Waals surface area (Å²) >= 11 is 0. The molecule has 1 fully saturated rings. The molecule has 1 aromatic heterocycles. The topological polar surface area (TPSA) is 55.2 Å². The van der Waals surface area contributed by atoms with Crippen LogP contribution in [0.2, 0.25) is 0 Å². The molecule has 0 aliphatic carbocycles. The van der Waals surface area contributed by atoms with Crippen molar-refractivity contribution in [3.63, 3.8) is 0 Å². The lowest BCUT2D eigenvalue weighted by Gasteiger charge is -2.26. The number of ketones is 1. The van der Waals surface area contributed by atoms with Crippen LogP contribution in [0.3, 0.4) is 0 Å². The van der Waals surface area contributed by atoms with Crippen LogP contribution in [-0.2, 0) is 16.1 Å². The smallest absolute Gasteiger partial charge is 0.290 e. The van der Waals surface area contributed by atoms with Crippen LogP contribution in [0.25, 0.3) is 0 Å². The predicted molar refractivity (Wildman–Crippen MR) is 86.8 cm³/mol. The van der Waals surface area contributed by atoms with Crippen LogP contribution in [0.1, 0.15) is 31.2 Å². The van der Waals surface area contributed by atoms with Gasteiger partial charge >= 0.3 is 0 Å². The number of carbonyl (C=O) groups is 2. The van der Waals surface area contributed by atoms with Gasteiger partial charge in [-0.15, -0.1) is 0 Å². The molecular weight excluding hydrogens is 290 g/mol. The van der Waals surface area contributed by atoms with Crippen LogP contribution in [0.4, 0.5) is 0 Å². The van der Waals surface area contributed by atoms with E-state index in [9.17, 15) is 9.59 Å². The minimum absolute atomic E-state index is 0.0415. The van der Waals surface area contributed by atoms with Gasteiger partial charge < -0.3 is 9.47 Å². The Labute approximate surface area is 135 Å². The maximum Gasteiger partial charge on any atom is 0.290 e. The lowest BCUT2D eigenvalue weighted by Crippen LogP contribution is -2.35. The number of rotatable bonds is 6. The van der Waals surface area contributed by atoms with Crippen LogP contribution in [-0.4, -0.2) is 38.7 Å². The highest BCUT2D eigenvalue weighted by molar-refractivity contribution is 6.40. The molecule has 1 saturated heterocycles. The standard InChI is InChI=1S/C18H21N3O2/c1-2-15-16(14-7-4-3-5-8-14)17(22)18(23)21(15)11-6-10-20-12-9-19-13-20/h3-5,7-9,12-13,15-16H,2,6,10-11H2,1H3. The van der Waals surface area contributed by atoms with E-state index in [2.05, 4.69) is 4.98 Å². The van der Waals surface area contributed by atoms with Gasteiger partial charge in [-0.2, -0.15) is 0 Å². The molecule has 120 valence electrons. The van der Waals surface area contributed by atoms with E-state index in [1.165, 1.54) is 0 Å². The van der Waals surface area contributed by atoms with E-state index in [1.807, 2.05) is 48.0 Å². The van der Waals surface area contributed by atoms with E-state index in [4.69, 9.17) is 0 Å². The third-order valence-electron chi connectivity index (χ3n) is 4.49. The predicted octanol–water partition coefficient (Wildman–Crippen LogP) is 2.25. The molecular formula is C18H21N3O2. The van der Waals surface area contributed by atoms with Crippen molar-refractivity contribution >= 4 is 11.7 Å². The maximum absolute atomic E-state index is 12.5. The summed E-state index contributed by atoms with van der Waals surface area (Å²) < 4.78 is 1.98. The first-order valence-corrected chi connectivity index (χ1v) is 8.08. The van der Waals surface area contributed by atoms with Crippen molar-refractivity contribution in [3.8, 4) is 0 Å². The number of benzene rings is 1. The number of Topliss-reactive ketones (excluding diaryl/α,β-unsaturated/α-hetero) is 1. The summed E-state index contributed by atoms with van der Waals surface area (Å²) in [6.45, 7) is 3.43. The number of hydrogen-bond acceptors (Lipinski definition) is 3. The van der Waals surface area contributed by atoms with Gasteiger partial charge in [-0.1, -0.05) is 37.3 Å². The fourth-order valence-corrected chi connectivity index (χ4v) is 3.38. The highest BCUT2D eigenvalue weighted by Gasteiger charge is 2.46. The van der Waals surface area contributed by atoms with E-state index < -0.39 is 0 Å². The average molecular weight is 311 g/mol. The van der Waals surface area contributed by atoms with E-state index in [0.717, 1.165) is 24.9 Å². The molecule has 3 rings (SSSR count). The third kappa shape index (κ3) is 3.04. The summed E-state index contributed by atoms with van der Waals surface area (Å²) in [7, 11) is 0. The second kappa shape index (κ2) is 6.77. The fourth-order valence-electron chi connectivity index (χ4n) is 3.38. The fraction of sp³-hybridized carbons (Fsp3) is 0.389. The zero-order chi connectivity index (χ0) is 16.2. The van der Waals surface area contributed by atoms with Crippen LogP contribution >= 0.6 is 0 Å². The average Bonchev–Trinajstić information content (AvgIpc) is 3.17. The Kier molecular flexibility index (Phi) is 4.55. The molecule has 0 N–H and O–H groups in total. The highest BCUT2D eigenvalue weighted by atomic mass is 16.2. The van der Waals surface area contributed by atoms with Gasteiger partial charge in [0.15, 0.2) is 0 Å². The van der Waals surface area contributed by atoms with Gasteiger partial charge in [0.05, 0.1) is 12.2 Å². The Hall–Kier alpha value is -2.43. The molecule has 0 saturated carbocycles. The molecule has 2 unspecified atom stereocenters. The first-order chi connectivity index (χ1) is 11.2. The number of imidazole rings is 1. The highest BCUT2D eigenvalue weighted by Crippen LogP contribution is 2.33. The van der Waals surface area contributed by atoms with Gasteiger partial charge in [0.25, 0.3) is 5.91 Å². The zero-order valence-electron chi connectivity index (χ0n) is 13.3. The molecule has 0 spiro atoms. The number of aromatic nitrogens is 2. The molecule has 0 bridgehead atoms. The van der Waals surface area contributed by atoms with Crippen LogP contribution in [0.15, 0.2) is 49.1 Å². The van der Waals surface area contributed by atoms with Crippen LogP contribution < -0.4 is 0 Å². The van der Waals surface area contributed by atoms with Crippen molar-refractivity contribution in [2.75, 3.05) is 6.54 Å². The summed E-state index contributed by atoms with van der Waals surface area (Å²) in [6, 6.07) is 9.60. The molecule has 23 heavy (non-hydrogen) atoms. The minimum atomic E-state index is -0.337. The van der Waals surface area contributed by atoms with Gasteiger partial charge in [-0.3, -0.25) is 9.59 Å². The Morgan fingerprint density at radius 3 is 2.57 bits per heavy atom. The molecule has 0 radical (unpaired) electrons. The lowest BCUT2D eigenvalue weighted by molar-refractivity contribution is -0.140. The summed E-state index contributed by atoms with van der Waals surface area (Å²) in [5.41, 5.74) is 0.940. The number of aryl methyl sites for hydroxylation is 1. The van der Waals surface area contributed by atoms with Gasteiger partial charge in [-0.05, 0) is 18.4 Å². The van der Waals surface area contributed by atoms with Gasteiger partial charge in [0.1, 0.15) is 0 Å². The van der Waals surface area contributed by atoms with Gasteiger partial charge in [-0.25, -0.2) is 4.98 Å². The van der Waals surface area contributed by atoms with Crippen molar-refractivity contribution in [2.24, 2.45) is 0 Å². The normalized spacial score (nSPS) is 21.2. The van der Waals surface area contributed by atoms with Gasteiger partial charge in [0.2, 0.25) is 5.78 Å². The van der Waals surface area contributed by atoms with Gasteiger partial charge in [0, 0.05) is 31.5 Å². The Morgan fingerprint density at radius 1 is 1.13 bits per heavy atom. The number of amides is 1. The third-order valence-corrected chi connectivity index (χ3v) is 4.49. The second-order valence-corrected chi connectivity index (χ2v) is 5.88. The lowest BCUT2D eigenvalue weighted by atomic mass is 9.89. The molecule has 5 heteroatoms. The number of hydrogen-bond donors (Lipinski definition) is 0. The van der Waals surface area contributed by atoms with Crippen molar-refractivity contribution < 1.29 is 9.59 Å². The summed E-state index contributed by atoms with van der Waals surface area (Å²) in [6.07, 6.45) is 7.00. The van der Waals surface area contributed by atoms with Crippen molar-refractivity contribution in [1.29, 1.82) is 0 Å². The van der Waals surface area contributed by atoms with Crippen LogP contribution in [0, 0.1) is 0 Å². The first-order valence-electron chi connectivity index (χ1n) is 8.08. The van der Waals surface area contributed by atoms with E-state index in [-0.39, 0.29) is 23.7 Å². The molecule has 5 nitrogen and oxygen atoms in total. The minimum Gasteiger partial charge on any atom is -0.337 e. The molecule has 1 aliphatic rings. The zero-order valence-corrected chi connectivity index (χ0v) is 13.3. The number of likely N-dealkylation sites (tertiary alicyclic amines) is 1. The molecule has 2 heterocycles. The van der Waals surface area contributed by atoms with Crippen LogP contribution in [0.5, 0.6) is 0 Å². The maximum atomic E-state index is 12.5. The van der Waals surface area contributed by atoms with E-state index in [0.29, 0.717) is 6.54 Å². The van der Waals surface area contributed by atoms with Crippen molar-refractivity contribution in [1.82, 2.24) is 14.5 Å². The van der Waals surface area contributed by atoms with Crippen molar-refractivity contribution in [3.05, 3.63) is 54.6 Å². The summed E-state index contributed by atoms with van der Waals surface area (Å²) in [5.74, 6) is -0.941. The summed E-state index contributed by atoms with van der Waals surface area (Å²) in [4.78, 5) is 30.7. The molecule has 1 aromatic carbocycles. The Morgan fingerprint density at radius 2 is 1.91 bits per heavy atom. The summed E-state index contributed by atoms with van der Waals surface area (Å²) in [5, 5.41) is 0. The molecule has 1 aliphatic heterocycles. The largest absolute Gasteiger partial charge is 0.337 e. The monoisotopic (exact) mass is 311 g/mol. The number of carbonyl (C=O) groups excluding carboxylic acids is 2. The van der Waals surface area contributed by atoms with Crippen molar-refractivity contribution in [2.45, 2.75) is 38.3 Å². The molecule has 1 amide bonds. The quantitative estimate of drug-likeness (QED) is 0.769. The van der Waals surface area contributed by atoms with E-state index in [1.54, 1.807) is 17.4 Å². The first kappa shape index (κ1) is 15.5. The molecule has 2 aromatic rings. The Bertz CT molecular complexity index is 667.